The number of ether oxygens (including phenoxy) is 2. The van der Waals surface area contributed by atoms with Gasteiger partial charge in [-0.1, -0.05) is 0 Å². The average molecular weight is 313 g/mol. The topological polar surface area (TPSA) is 168 Å². The van der Waals surface area contributed by atoms with Crippen LogP contribution in [0.2, 0.25) is 0 Å². The maximum Gasteiger partial charge on any atom is 0.330 e. The molecule has 0 aromatic carbocycles. The third-order valence-electron chi connectivity index (χ3n) is 3.52. The zero-order chi connectivity index (χ0) is 16.0. The fourth-order valence-electron chi connectivity index (χ4n) is 2.51. The van der Waals surface area contributed by atoms with Crippen molar-refractivity contribution in [3.05, 3.63) is 20.8 Å². The highest BCUT2D eigenvalue weighted by atomic mass is 16.6. The van der Waals surface area contributed by atoms with Crippen molar-refractivity contribution in [3.63, 3.8) is 0 Å². The molecule has 1 fully saturated rings. The fraction of sp³-hybridized carbons (Fsp3) is 0.545. The zero-order valence-corrected chi connectivity index (χ0v) is 11.5. The molecule has 1 saturated heterocycles. The van der Waals surface area contributed by atoms with Gasteiger partial charge in [0.05, 0.1) is 6.61 Å². The molecule has 11 nitrogen and oxygen atoms in total. The second-order valence-corrected chi connectivity index (χ2v) is 4.95. The molecule has 3 heterocycles. The third kappa shape index (κ3) is 2.11. The van der Waals surface area contributed by atoms with Crippen LogP contribution in [-0.2, 0) is 9.47 Å². The van der Waals surface area contributed by atoms with Crippen LogP contribution in [0.25, 0.3) is 11.2 Å². The summed E-state index contributed by atoms with van der Waals surface area (Å²) in [4.78, 5) is 32.3. The number of fused-ring (bicyclic) bond motifs is 1. The Hall–Kier alpha value is -2.21. The van der Waals surface area contributed by atoms with E-state index in [-0.39, 0.29) is 23.7 Å². The number of nitrogens with zero attached hydrogens (tertiary/aromatic N) is 2. The molecule has 3 rings (SSSR count). The molecule has 0 spiro atoms. The normalized spacial score (nSPS) is 28.5. The number of imidazole rings is 1. The number of rotatable bonds is 3. The molecule has 0 aliphatic carbocycles. The predicted molar refractivity (Wildman–Crippen MR) is 73.2 cm³/mol. The average Bonchev–Trinajstić information content (AvgIpc) is 2.91. The van der Waals surface area contributed by atoms with Gasteiger partial charge in [-0.2, -0.15) is 4.98 Å². The number of H-pyrrole nitrogens is 2. The van der Waals surface area contributed by atoms with E-state index in [0.717, 1.165) is 4.57 Å². The lowest BCUT2D eigenvalue weighted by Gasteiger charge is -2.15. The molecule has 0 saturated carbocycles. The second kappa shape index (κ2) is 5.21. The molecule has 4 atom stereocenters. The van der Waals surface area contributed by atoms with Crippen molar-refractivity contribution in [2.45, 2.75) is 24.5 Å². The Balaban J connectivity index is 2.13. The summed E-state index contributed by atoms with van der Waals surface area (Å²) in [6.07, 6.45) is -4.67. The number of anilines is 1. The first-order valence-electron chi connectivity index (χ1n) is 6.44. The summed E-state index contributed by atoms with van der Waals surface area (Å²) >= 11 is 0. The quantitative estimate of drug-likeness (QED) is 0.406. The number of methoxy groups -OCH3 is 1. The lowest BCUT2D eigenvalue weighted by molar-refractivity contribution is -0.0592. The molecule has 1 aliphatic rings. The molecule has 11 heteroatoms. The van der Waals surface area contributed by atoms with Crippen LogP contribution < -0.4 is 17.0 Å². The minimum atomic E-state index is -1.39. The number of aromatic nitrogens is 4. The van der Waals surface area contributed by atoms with Crippen molar-refractivity contribution in [1.29, 1.82) is 0 Å². The number of hydrogen-bond donors (Lipinski definition) is 5. The van der Waals surface area contributed by atoms with Gasteiger partial charge in [-0.25, -0.2) is 9.36 Å². The van der Waals surface area contributed by atoms with Crippen LogP contribution in [0.5, 0.6) is 0 Å². The van der Waals surface area contributed by atoms with E-state index < -0.39 is 35.8 Å². The molecule has 0 amide bonds. The van der Waals surface area contributed by atoms with Crippen LogP contribution >= 0.6 is 0 Å². The van der Waals surface area contributed by atoms with E-state index in [0.29, 0.717) is 0 Å². The maximum atomic E-state index is 12.1. The summed E-state index contributed by atoms with van der Waals surface area (Å²) in [5.41, 5.74) is 3.96. The molecule has 1 aliphatic heterocycles. The van der Waals surface area contributed by atoms with Crippen LogP contribution in [0, 0.1) is 0 Å². The largest absolute Gasteiger partial charge is 0.387 e. The Bertz CT molecular complexity index is 809. The van der Waals surface area contributed by atoms with E-state index in [1.807, 2.05) is 0 Å². The van der Waals surface area contributed by atoms with Crippen molar-refractivity contribution in [1.82, 2.24) is 19.5 Å². The zero-order valence-electron chi connectivity index (χ0n) is 11.5. The molecule has 2 aromatic heterocycles. The highest BCUT2D eigenvalue weighted by Gasteiger charge is 2.45. The van der Waals surface area contributed by atoms with Gasteiger partial charge in [-0.15, -0.1) is 0 Å². The van der Waals surface area contributed by atoms with Gasteiger partial charge in [0.25, 0.3) is 5.56 Å². The number of aliphatic hydroxyl groups excluding tert-OH is 2. The molecule has 2 unspecified atom stereocenters. The van der Waals surface area contributed by atoms with Crippen molar-refractivity contribution in [2.24, 2.45) is 0 Å². The fourth-order valence-corrected chi connectivity index (χ4v) is 2.51. The lowest BCUT2D eigenvalue weighted by Crippen LogP contribution is -2.35. The number of nitrogens with two attached hydrogens (primary N) is 1. The number of hydrogen-bond acceptors (Lipinski definition) is 8. The van der Waals surface area contributed by atoms with E-state index >= 15 is 0 Å². The van der Waals surface area contributed by atoms with E-state index in [1.165, 1.54) is 7.11 Å². The molecule has 0 bridgehead atoms. The van der Waals surface area contributed by atoms with Crippen molar-refractivity contribution < 1.29 is 19.7 Å². The van der Waals surface area contributed by atoms with Gasteiger partial charge < -0.3 is 25.4 Å². The molecule has 6 N–H and O–H groups in total. The molecule has 22 heavy (non-hydrogen) atoms. The number of aliphatic hydroxyl groups is 2. The first-order valence-corrected chi connectivity index (χ1v) is 6.44. The van der Waals surface area contributed by atoms with Gasteiger partial charge in [0.15, 0.2) is 17.4 Å². The van der Waals surface area contributed by atoms with Gasteiger partial charge in [0, 0.05) is 7.11 Å². The summed E-state index contributed by atoms with van der Waals surface area (Å²) < 4.78 is 11.3. The number of nitrogens with one attached hydrogen (secondary N) is 2. The van der Waals surface area contributed by atoms with Crippen LogP contribution in [0.1, 0.15) is 6.23 Å². The maximum absolute atomic E-state index is 12.1. The Morgan fingerprint density at radius 1 is 1.36 bits per heavy atom. The highest BCUT2D eigenvalue weighted by Crippen LogP contribution is 2.29. The summed E-state index contributed by atoms with van der Waals surface area (Å²) in [5, 5.41) is 20.0. The minimum Gasteiger partial charge on any atom is -0.387 e. The summed E-state index contributed by atoms with van der Waals surface area (Å²) in [6, 6.07) is 0. The van der Waals surface area contributed by atoms with Gasteiger partial charge in [0.1, 0.15) is 18.3 Å². The lowest BCUT2D eigenvalue weighted by atomic mass is 10.1. The Kier molecular flexibility index (Phi) is 3.48. The highest BCUT2D eigenvalue weighted by molar-refractivity contribution is 5.70. The van der Waals surface area contributed by atoms with E-state index in [2.05, 4.69) is 15.0 Å². The van der Waals surface area contributed by atoms with Gasteiger partial charge in [-0.05, 0) is 0 Å². The SMILES string of the molecule is COC[C@H]1O[C@@H](n2c(=O)[nH]c3c(=O)[nH]c(N)nc32)C(O)C1O. The molecule has 0 radical (unpaired) electrons. The molecular formula is C11H15N5O6. The van der Waals surface area contributed by atoms with Gasteiger partial charge >= 0.3 is 5.69 Å². The smallest absolute Gasteiger partial charge is 0.330 e. The summed E-state index contributed by atoms with van der Waals surface area (Å²) in [5.74, 6) is -0.188. The molecule has 2 aromatic rings. The van der Waals surface area contributed by atoms with E-state index in [1.54, 1.807) is 0 Å². The van der Waals surface area contributed by atoms with Crippen LogP contribution in [0.4, 0.5) is 5.95 Å². The molecule has 120 valence electrons. The minimum absolute atomic E-state index is 0.0297. The van der Waals surface area contributed by atoms with Crippen LogP contribution in [-0.4, -0.2) is 61.8 Å². The first-order chi connectivity index (χ1) is 10.4. The molecular weight excluding hydrogens is 298 g/mol. The summed E-state index contributed by atoms with van der Waals surface area (Å²) in [7, 11) is 1.41. The number of aromatic amines is 2. The van der Waals surface area contributed by atoms with Crippen LogP contribution in [0.15, 0.2) is 9.59 Å². The standard InChI is InChI=1S/C11H15N5O6/c1-21-2-3-5(17)6(18)9(22-3)16-7-4(13-11(16)20)8(19)15-10(12)14-7/h3,5-6,9,17-18H,2H2,1H3,(H,13,20)(H3,12,14,15,19)/t3-,5?,6?,9-/m1/s1. The van der Waals surface area contributed by atoms with E-state index in [9.17, 15) is 19.8 Å². The number of nitrogen functional groups attached to an aromatic ring is 1. The van der Waals surface area contributed by atoms with Crippen molar-refractivity contribution in [2.75, 3.05) is 19.5 Å². The second-order valence-electron chi connectivity index (χ2n) is 4.95. The first kappa shape index (κ1) is 14.7. The third-order valence-corrected chi connectivity index (χ3v) is 3.52. The predicted octanol–water partition coefficient (Wildman–Crippen LogP) is -2.74. The van der Waals surface area contributed by atoms with Crippen molar-refractivity contribution in [3.8, 4) is 0 Å². The van der Waals surface area contributed by atoms with Gasteiger partial charge in [0.2, 0.25) is 5.95 Å². The Labute approximate surface area is 122 Å². The summed E-state index contributed by atoms with van der Waals surface area (Å²) in [6.45, 7) is 0.0297. The van der Waals surface area contributed by atoms with E-state index in [4.69, 9.17) is 15.2 Å². The van der Waals surface area contributed by atoms with Crippen LogP contribution in [0.3, 0.4) is 0 Å². The Morgan fingerprint density at radius 3 is 2.77 bits per heavy atom. The van der Waals surface area contributed by atoms with Crippen molar-refractivity contribution >= 4 is 17.1 Å². The Morgan fingerprint density at radius 2 is 2.09 bits per heavy atom. The monoisotopic (exact) mass is 313 g/mol. The van der Waals surface area contributed by atoms with Gasteiger partial charge in [-0.3, -0.25) is 14.8 Å².